The fourth-order valence-corrected chi connectivity index (χ4v) is 4.76. The molecule has 2 fully saturated rings. The predicted molar refractivity (Wildman–Crippen MR) is 104 cm³/mol. The summed E-state index contributed by atoms with van der Waals surface area (Å²) in [5, 5.41) is 2.07. The molecule has 136 valence electrons. The van der Waals surface area contributed by atoms with Crippen LogP contribution in [0, 0.1) is 11.3 Å². The Labute approximate surface area is 158 Å². The molecule has 2 amide bonds. The molecule has 1 aromatic carbocycles. The van der Waals surface area contributed by atoms with Crippen molar-refractivity contribution < 1.29 is 9.59 Å². The second-order valence-electron chi connectivity index (χ2n) is 7.63. The van der Waals surface area contributed by atoms with Crippen molar-refractivity contribution in [3.05, 3.63) is 47.3 Å². The van der Waals surface area contributed by atoms with E-state index >= 15 is 0 Å². The van der Waals surface area contributed by atoms with E-state index in [0.717, 1.165) is 24.8 Å². The Balaban J connectivity index is 1.49. The van der Waals surface area contributed by atoms with Crippen molar-refractivity contribution in [3.8, 4) is 10.4 Å². The van der Waals surface area contributed by atoms with Gasteiger partial charge in [-0.3, -0.25) is 9.59 Å². The molecule has 2 heterocycles. The van der Waals surface area contributed by atoms with E-state index in [2.05, 4.69) is 35.7 Å². The smallest absolute Gasteiger partial charge is 0.225 e. The lowest BCUT2D eigenvalue weighted by Gasteiger charge is -2.31. The summed E-state index contributed by atoms with van der Waals surface area (Å²) in [7, 11) is 0. The van der Waals surface area contributed by atoms with Crippen LogP contribution in [0.5, 0.6) is 0 Å². The fraction of sp³-hybridized carbons (Fsp3) is 0.429. The molecule has 1 saturated heterocycles. The molecule has 2 N–H and O–H groups in total. The maximum Gasteiger partial charge on any atom is 0.225 e. The fourth-order valence-electron chi connectivity index (χ4n) is 4.03. The van der Waals surface area contributed by atoms with Gasteiger partial charge in [-0.2, -0.15) is 0 Å². The number of carbonyl (C=O) groups excluding carboxylic acids is 2. The Morgan fingerprint density at radius 1 is 1.19 bits per heavy atom. The molecule has 5 heteroatoms. The maximum absolute atomic E-state index is 12.5. The average Bonchev–Trinajstić information content (AvgIpc) is 3.24. The number of hydrogen-bond acceptors (Lipinski definition) is 3. The van der Waals surface area contributed by atoms with Crippen LogP contribution in [0.1, 0.15) is 31.2 Å². The Kier molecular flexibility index (Phi) is 4.57. The number of nitrogens with two attached hydrogens (primary N) is 1. The lowest BCUT2D eigenvalue weighted by molar-refractivity contribution is -0.138. The van der Waals surface area contributed by atoms with Crippen LogP contribution in [0.25, 0.3) is 10.4 Å². The lowest BCUT2D eigenvalue weighted by atomic mass is 9.79. The van der Waals surface area contributed by atoms with Crippen molar-refractivity contribution in [1.82, 2.24) is 4.90 Å². The number of benzene rings is 1. The van der Waals surface area contributed by atoms with Crippen LogP contribution in [-0.2, 0) is 16.0 Å². The van der Waals surface area contributed by atoms with Gasteiger partial charge in [0, 0.05) is 23.9 Å². The van der Waals surface area contributed by atoms with E-state index in [0.29, 0.717) is 25.9 Å². The highest BCUT2D eigenvalue weighted by atomic mass is 32.1. The summed E-state index contributed by atoms with van der Waals surface area (Å²) in [5.74, 6) is 0.0971. The van der Waals surface area contributed by atoms with E-state index < -0.39 is 5.41 Å². The number of carbonyl (C=O) groups is 2. The molecular weight excluding hydrogens is 344 g/mol. The van der Waals surface area contributed by atoms with Crippen molar-refractivity contribution in [3.63, 3.8) is 0 Å². The minimum atomic E-state index is -0.635. The summed E-state index contributed by atoms with van der Waals surface area (Å²) >= 11 is 1.71. The van der Waals surface area contributed by atoms with Crippen LogP contribution < -0.4 is 5.73 Å². The Morgan fingerprint density at radius 2 is 1.96 bits per heavy atom. The van der Waals surface area contributed by atoms with Crippen molar-refractivity contribution >= 4 is 23.2 Å². The zero-order valence-corrected chi connectivity index (χ0v) is 15.6. The molecule has 1 aliphatic carbocycles. The third-order valence-corrected chi connectivity index (χ3v) is 6.86. The highest BCUT2D eigenvalue weighted by Gasteiger charge is 2.46. The zero-order valence-electron chi connectivity index (χ0n) is 14.8. The monoisotopic (exact) mass is 368 g/mol. The molecular formula is C21H24N2O2S. The summed E-state index contributed by atoms with van der Waals surface area (Å²) in [6, 6.07) is 12.5. The molecule has 4 rings (SSSR count). The van der Waals surface area contributed by atoms with Crippen LogP contribution in [0.2, 0.25) is 0 Å². The van der Waals surface area contributed by atoms with Gasteiger partial charge in [0.05, 0.1) is 5.41 Å². The number of thiophene rings is 1. The molecule has 0 unspecified atom stereocenters. The minimum absolute atomic E-state index is 0.170. The Hall–Kier alpha value is -2.14. The maximum atomic E-state index is 12.5. The van der Waals surface area contributed by atoms with E-state index in [1.807, 2.05) is 11.0 Å². The van der Waals surface area contributed by atoms with E-state index in [1.165, 1.54) is 10.4 Å². The van der Waals surface area contributed by atoms with E-state index in [-0.39, 0.29) is 17.7 Å². The van der Waals surface area contributed by atoms with E-state index in [4.69, 9.17) is 5.73 Å². The van der Waals surface area contributed by atoms with Crippen molar-refractivity contribution in [2.45, 2.75) is 32.1 Å². The molecule has 1 saturated carbocycles. The first-order valence-corrected chi connectivity index (χ1v) is 10.2. The molecule has 2 aliphatic rings. The molecule has 1 aliphatic heterocycles. The van der Waals surface area contributed by atoms with E-state index in [1.54, 1.807) is 11.3 Å². The summed E-state index contributed by atoms with van der Waals surface area (Å²) in [6.45, 7) is 1.11. The number of hydrogen-bond donors (Lipinski definition) is 1. The zero-order chi connectivity index (χ0) is 18.1. The van der Waals surface area contributed by atoms with Crippen LogP contribution in [0.4, 0.5) is 0 Å². The number of amides is 2. The standard InChI is InChI=1S/C21H24N2O2S/c22-20(25)21(10-11-23(14-21)19(24)17-3-1-4-17)13-15-6-8-16(9-7-15)18-5-2-12-26-18/h2,5-9,12,17H,1,3-4,10-11,13-14H2,(H2,22,25)/t21-/m1/s1. The Bertz CT molecular complexity index is 796. The van der Waals surface area contributed by atoms with Crippen molar-refractivity contribution in [1.29, 1.82) is 0 Å². The molecule has 0 spiro atoms. The molecule has 0 bridgehead atoms. The normalized spacial score (nSPS) is 23.0. The highest BCUT2D eigenvalue weighted by molar-refractivity contribution is 7.13. The average molecular weight is 369 g/mol. The lowest BCUT2D eigenvalue weighted by Crippen LogP contribution is -2.44. The molecule has 0 radical (unpaired) electrons. The van der Waals surface area contributed by atoms with Crippen LogP contribution in [0.3, 0.4) is 0 Å². The van der Waals surface area contributed by atoms with Gasteiger partial charge in [0.1, 0.15) is 0 Å². The second kappa shape index (κ2) is 6.88. The number of likely N-dealkylation sites (tertiary alicyclic amines) is 1. The minimum Gasteiger partial charge on any atom is -0.369 e. The largest absolute Gasteiger partial charge is 0.369 e. The van der Waals surface area contributed by atoms with E-state index in [9.17, 15) is 9.59 Å². The first-order chi connectivity index (χ1) is 12.6. The van der Waals surface area contributed by atoms with Gasteiger partial charge in [-0.05, 0) is 48.3 Å². The van der Waals surface area contributed by atoms with Gasteiger partial charge in [-0.15, -0.1) is 11.3 Å². The van der Waals surface area contributed by atoms with Crippen LogP contribution in [0.15, 0.2) is 41.8 Å². The summed E-state index contributed by atoms with van der Waals surface area (Å²) in [6.07, 6.45) is 4.38. The molecule has 1 atom stereocenters. The van der Waals surface area contributed by atoms with Crippen LogP contribution >= 0.6 is 11.3 Å². The number of primary amides is 1. The van der Waals surface area contributed by atoms with Crippen molar-refractivity contribution in [2.24, 2.45) is 17.1 Å². The van der Waals surface area contributed by atoms with Gasteiger partial charge in [-0.1, -0.05) is 36.8 Å². The third-order valence-electron chi connectivity index (χ3n) is 5.94. The molecule has 26 heavy (non-hydrogen) atoms. The molecule has 4 nitrogen and oxygen atoms in total. The third kappa shape index (κ3) is 3.16. The van der Waals surface area contributed by atoms with Gasteiger partial charge in [0.2, 0.25) is 11.8 Å². The topological polar surface area (TPSA) is 63.4 Å². The highest BCUT2D eigenvalue weighted by Crippen LogP contribution is 2.37. The number of nitrogens with zero attached hydrogens (tertiary/aromatic N) is 1. The van der Waals surface area contributed by atoms with Gasteiger partial charge >= 0.3 is 0 Å². The summed E-state index contributed by atoms with van der Waals surface area (Å²) in [5.41, 5.74) is 7.45. The first kappa shape index (κ1) is 17.3. The second-order valence-corrected chi connectivity index (χ2v) is 8.58. The van der Waals surface area contributed by atoms with Gasteiger partial charge in [-0.25, -0.2) is 0 Å². The first-order valence-electron chi connectivity index (χ1n) is 9.29. The Morgan fingerprint density at radius 3 is 2.54 bits per heavy atom. The van der Waals surface area contributed by atoms with Gasteiger partial charge in [0.15, 0.2) is 0 Å². The predicted octanol–water partition coefficient (Wildman–Crippen LogP) is 3.46. The molecule has 2 aromatic rings. The van der Waals surface area contributed by atoms with Crippen LogP contribution in [-0.4, -0.2) is 29.8 Å². The summed E-state index contributed by atoms with van der Waals surface area (Å²) in [4.78, 5) is 27.9. The quantitative estimate of drug-likeness (QED) is 0.878. The van der Waals surface area contributed by atoms with Gasteiger partial charge in [0.25, 0.3) is 0 Å². The summed E-state index contributed by atoms with van der Waals surface area (Å²) < 4.78 is 0. The van der Waals surface area contributed by atoms with Crippen molar-refractivity contribution in [2.75, 3.05) is 13.1 Å². The SMILES string of the molecule is NC(=O)[C@@]1(Cc2ccc(-c3cccs3)cc2)CCN(C(=O)C2CCC2)C1. The molecule has 1 aromatic heterocycles. The van der Waals surface area contributed by atoms with Gasteiger partial charge < -0.3 is 10.6 Å². The number of rotatable bonds is 5.